The first-order chi connectivity index (χ1) is 6.86. The molecule has 1 aromatic carbocycles. The van der Waals surface area contributed by atoms with Crippen LogP contribution in [0.3, 0.4) is 0 Å². The molecule has 2 aromatic rings. The van der Waals surface area contributed by atoms with E-state index in [-0.39, 0.29) is 0 Å². The summed E-state index contributed by atoms with van der Waals surface area (Å²) in [5.74, 6) is 0.764. The van der Waals surface area contributed by atoms with Crippen molar-refractivity contribution in [3.8, 4) is 6.07 Å². The van der Waals surface area contributed by atoms with Gasteiger partial charge in [0.15, 0.2) is 0 Å². The van der Waals surface area contributed by atoms with Crippen molar-refractivity contribution in [2.45, 2.75) is 6.61 Å². The largest absolute Gasteiger partial charge is 0.466 e. The van der Waals surface area contributed by atoms with Crippen LogP contribution in [0.15, 0.2) is 28.9 Å². The van der Waals surface area contributed by atoms with E-state index in [9.17, 15) is 0 Å². The molecule has 0 aliphatic rings. The molecule has 0 spiro atoms. The zero-order chi connectivity index (χ0) is 9.97. The summed E-state index contributed by atoms with van der Waals surface area (Å²) in [4.78, 5) is 0. The summed E-state index contributed by atoms with van der Waals surface area (Å²) < 4.78 is 10.3. The number of rotatable bonds is 2. The monoisotopic (exact) mass is 187 g/mol. The summed E-state index contributed by atoms with van der Waals surface area (Å²) in [6.45, 7) is 0.429. The van der Waals surface area contributed by atoms with Gasteiger partial charge in [0, 0.05) is 17.9 Å². The summed E-state index contributed by atoms with van der Waals surface area (Å²) in [5.41, 5.74) is 0.633. The van der Waals surface area contributed by atoms with Gasteiger partial charge in [-0.3, -0.25) is 0 Å². The number of benzene rings is 1. The Morgan fingerprint density at radius 3 is 3.00 bits per heavy atom. The second-order valence-corrected chi connectivity index (χ2v) is 2.97. The van der Waals surface area contributed by atoms with Crippen molar-refractivity contribution in [2.75, 3.05) is 7.11 Å². The summed E-state index contributed by atoms with van der Waals surface area (Å²) in [5, 5.41) is 10.7. The van der Waals surface area contributed by atoms with Crippen LogP contribution in [0.5, 0.6) is 0 Å². The fourth-order valence-electron chi connectivity index (χ4n) is 1.47. The van der Waals surface area contributed by atoms with E-state index in [4.69, 9.17) is 14.4 Å². The van der Waals surface area contributed by atoms with Crippen molar-refractivity contribution >= 4 is 10.8 Å². The number of methoxy groups -OCH3 is 1. The van der Waals surface area contributed by atoms with Crippen molar-refractivity contribution in [3.63, 3.8) is 0 Å². The third-order valence-corrected chi connectivity index (χ3v) is 2.12. The minimum Gasteiger partial charge on any atom is -0.466 e. The number of fused-ring (bicyclic) bond motifs is 1. The number of hydrogen-bond acceptors (Lipinski definition) is 3. The highest BCUT2D eigenvalue weighted by Gasteiger charge is 2.08. The van der Waals surface area contributed by atoms with Crippen molar-refractivity contribution < 1.29 is 9.15 Å². The number of nitrogens with zero attached hydrogens (tertiary/aromatic N) is 1. The van der Waals surface area contributed by atoms with Gasteiger partial charge in [0.1, 0.15) is 12.4 Å². The van der Waals surface area contributed by atoms with Crippen molar-refractivity contribution in [1.82, 2.24) is 0 Å². The molecule has 2 rings (SSSR count). The topological polar surface area (TPSA) is 46.2 Å². The van der Waals surface area contributed by atoms with Gasteiger partial charge in [-0.2, -0.15) is 5.26 Å². The molecule has 70 valence electrons. The smallest absolute Gasteiger partial charge is 0.137 e. The molecular weight excluding hydrogens is 178 g/mol. The lowest BCUT2D eigenvalue weighted by Gasteiger charge is -1.95. The van der Waals surface area contributed by atoms with Gasteiger partial charge in [-0.15, -0.1) is 0 Å². The Morgan fingerprint density at radius 2 is 2.29 bits per heavy atom. The van der Waals surface area contributed by atoms with Gasteiger partial charge in [0.25, 0.3) is 0 Å². The van der Waals surface area contributed by atoms with Gasteiger partial charge in [-0.25, -0.2) is 0 Å². The molecule has 0 saturated carbocycles. The summed E-state index contributed by atoms with van der Waals surface area (Å²) >= 11 is 0. The Balaban J connectivity index is 2.65. The second kappa shape index (κ2) is 3.52. The Bertz CT molecular complexity index is 493. The quantitative estimate of drug-likeness (QED) is 0.725. The van der Waals surface area contributed by atoms with Crippen LogP contribution in [0.2, 0.25) is 0 Å². The van der Waals surface area contributed by atoms with Crippen molar-refractivity contribution in [2.24, 2.45) is 0 Å². The maximum Gasteiger partial charge on any atom is 0.137 e. The Hall–Kier alpha value is -1.79. The van der Waals surface area contributed by atoms with Gasteiger partial charge in [0.2, 0.25) is 0 Å². The molecule has 0 aliphatic heterocycles. The summed E-state index contributed by atoms with van der Waals surface area (Å²) in [6, 6.07) is 7.66. The van der Waals surface area contributed by atoms with E-state index in [1.165, 1.54) is 0 Å². The molecule has 1 aromatic heterocycles. The van der Waals surface area contributed by atoms with E-state index in [1.807, 2.05) is 12.1 Å². The number of nitriles is 1. The number of ether oxygens (including phenoxy) is 1. The Kier molecular flexibility index (Phi) is 2.21. The lowest BCUT2D eigenvalue weighted by molar-refractivity contribution is 0.166. The molecule has 14 heavy (non-hydrogen) atoms. The van der Waals surface area contributed by atoms with E-state index in [0.29, 0.717) is 12.2 Å². The molecule has 0 fully saturated rings. The van der Waals surface area contributed by atoms with Crippen LogP contribution in [0.4, 0.5) is 0 Å². The number of furan rings is 1. The van der Waals surface area contributed by atoms with Crippen LogP contribution >= 0.6 is 0 Å². The normalized spacial score (nSPS) is 10.3. The SMILES string of the molecule is COCc1occ2c(C#N)cccc12. The van der Waals surface area contributed by atoms with Gasteiger partial charge in [-0.1, -0.05) is 12.1 Å². The highest BCUT2D eigenvalue weighted by molar-refractivity contribution is 5.89. The average molecular weight is 187 g/mol. The molecule has 0 bridgehead atoms. The molecule has 3 heteroatoms. The highest BCUT2D eigenvalue weighted by Crippen LogP contribution is 2.24. The zero-order valence-corrected chi connectivity index (χ0v) is 7.78. The van der Waals surface area contributed by atoms with Gasteiger partial charge >= 0.3 is 0 Å². The first-order valence-electron chi connectivity index (χ1n) is 4.25. The third kappa shape index (κ3) is 1.26. The molecule has 0 radical (unpaired) electrons. The lowest BCUT2D eigenvalue weighted by atomic mass is 10.1. The van der Waals surface area contributed by atoms with Crippen LogP contribution in [0, 0.1) is 11.3 Å². The van der Waals surface area contributed by atoms with Crippen LogP contribution in [0.25, 0.3) is 10.8 Å². The zero-order valence-electron chi connectivity index (χ0n) is 7.78. The van der Waals surface area contributed by atoms with Crippen LogP contribution < -0.4 is 0 Å². The average Bonchev–Trinajstić information content (AvgIpc) is 2.62. The van der Waals surface area contributed by atoms with Crippen LogP contribution in [0.1, 0.15) is 11.3 Å². The molecule has 0 N–H and O–H groups in total. The standard InChI is InChI=1S/C11H9NO2/c1-13-7-11-9-4-2-3-8(5-12)10(9)6-14-11/h2-4,6H,7H2,1H3. The van der Waals surface area contributed by atoms with E-state index < -0.39 is 0 Å². The van der Waals surface area contributed by atoms with E-state index in [0.717, 1.165) is 16.5 Å². The summed E-state index contributed by atoms with van der Waals surface area (Å²) in [6.07, 6.45) is 1.60. The maximum absolute atomic E-state index is 8.85. The molecule has 0 amide bonds. The van der Waals surface area contributed by atoms with E-state index >= 15 is 0 Å². The molecule has 0 atom stereocenters. The van der Waals surface area contributed by atoms with Gasteiger partial charge in [0.05, 0.1) is 17.9 Å². The first kappa shape index (κ1) is 8.79. The minimum absolute atomic E-state index is 0.429. The van der Waals surface area contributed by atoms with Crippen molar-refractivity contribution in [1.29, 1.82) is 5.26 Å². The van der Waals surface area contributed by atoms with Crippen LogP contribution in [-0.4, -0.2) is 7.11 Å². The molecule has 0 aliphatic carbocycles. The minimum atomic E-state index is 0.429. The predicted octanol–water partition coefficient (Wildman–Crippen LogP) is 2.45. The predicted molar refractivity (Wildman–Crippen MR) is 51.6 cm³/mol. The fourth-order valence-corrected chi connectivity index (χ4v) is 1.47. The molecule has 3 nitrogen and oxygen atoms in total. The fraction of sp³-hybridized carbons (Fsp3) is 0.182. The van der Waals surface area contributed by atoms with Gasteiger partial charge in [-0.05, 0) is 6.07 Å². The molecule has 0 unspecified atom stereocenters. The highest BCUT2D eigenvalue weighted by atomic mass is 16.5. The lowest BCUT2D eigenvalue weighted by Crippen LogP contribution is -1.84. The van der Waals surface area contributed by atoms with Gasteiger partial charge < -0.3 is 9.15 Å². The Labute approximate surface area is 81.5 Å². The second-order valence-electron chi connectivity index (χ2n) is 2.97. The van der Waals surface area contributed by atoms with Crippen molar-refractivity contribution in [3.05, 3.63) is 35.8 Å². The van der Waals surface area contributed by atoms with E-state index in [1.54, 1.807) is 19.4 Å². The molecular formula is C11H9NO2. The number of hydrogen-bond donors (Lipinski definition) is 0. The summed E-state index contributed by atoms with van der Waals surface area (Å²) in [7, 11) is 1.61. The maximum atomic E-state index is 8.85. The third-order valence-electron chi connectivity index (χ3n) is 2.12. The first-order valence-corrected chi connectivity index (χ1v) is 4.25. The van der Waals surface area contributed by atoms with E-state index in [2.05, 4.69) is 6.07 Å². The van der Waals surface area contributed by atoms with Crippen LogP contribution in [-0.2, 0) is 11.3 Å². The molecule has 1 heterocycles. The Morgan fingerprint density at radius 1 is 1.43 bits per heavy atom. The molecule has 0 saturated heterocycles.